The van der Waals surface area contributed by atoms with Crippen LogP contribution in [0.1, 0.15) is 18.1 Å². The van der Waals surface area contributed by atoms with Crippen molar-refractivity contribution in [3.05, 3.63) is 29.3 Å². The van der Waals surface area contributed by atoms with Gasteiger partial charge in [0.2, 0.25) is 0 Å². The highest BCUT2D eigenvalue weighted by atomic mass is 31.2. The van der Waals surface area contributed by atoms with Gasteiger partial charge in [-0.25, -0.2) is 4.79 Å². The molecule has 5 N–H and O–H groups in total. The van der Waals surface area contributed by atoms with Crippen LogP contribution in [0.15, 0.2) is 18.2 Å². The normalized spacial score (nSPS) is 15.4. The van der Waals surface area contributed by atoms with Crippen LogP contribution in [0, 0.1) is 6.92 Å². The molecule has 0 radical (unpaired) electrons. The van der Waals surface area contributed by atoms with E-state index < -0.39 is 19.1 Å². The molecule has 0 aliphatic carbocycles. The molecule has 0 spiro atoms. The lowest BCUT2D eigenvalue weighted by Crippen LogP contribution is -2.41. The number of rotatable bonds is 3. The molecule has 0 aliphatic rings. The molecule has 0 unspecified atom stereocenters. The minimum absolute atomic E-state index is 0.123. The second kappa shape index (κ2) is 4.23. The van der Waals surface area contributed by atoms with E-state index in [9.17, 15) is 9.36 Å². The summed E-state index contributed by atoms with van der Waals surface area (Å²) in [6, 6.07) is 3.90. The molecule has 0 fully saturated rings. The Morgan fingerprint density at radius 2 is 1.94 bits per heavy atom. The van der Waals surface area contributed by atoms with Gasteiger partial charge in [-0.15, -0.1) is 0 Å². The lowest BCUT2D eigenvalue weighted by molar-refractivity contribution is -0.143. The van der Waals surface area contributed by atoms with Crippen molar-refractivity contribution >= 4 is 18.9 Å². The number of aryl methyl sites for hydroxylation is 1. The highest BCUT2D eigenvalue weighted by Crippen LogP contribution is 2.35. The van der Waals surface area contributed by atoms with E-state index in [1.807, 2.05) is 0 Å². The molecule has 1 aromatic rings. The second-order valence-electron chi connectivity index (χ2n) is 4.05. The molecule has 0 heterocycles. The van der Waals surface area contributed by atoms with Crippen LogP contribution in [0.5, 0.6) is 0 Å². The summed E-state index contributed by atoms with van der Waals surface area (Å²) in [5.74, 6) is -1.21. The molecule has 6 nitrogen and oxygen atoms in total. The van der Waals surface area contributed by atoms with Crippen molar-refractivity contribution in [3.8, 4) is 0 Å². The molecule has 0 bridgehead atoms. The zero-order valence-electron chi connectivity index (χ0n) is 9.41. The monoisotopic (exact) mass is 259 g/mol. The number of hydrogen-bond acceptors (Lipinski definition) is 3. The van der Waals surface area contributed by atoms with Crippen molar-refractivity contribution in [2.45, 2.75) is 19.4 Å². The van der Waals surface area contributed by atoms with Gasteiger partial charge in [-0.2, -0.15) is 0 Å². The van der Waals surface area contributed by atoms with Crippen LogP contribution < -0.4 is 11.0 Å². The van der Waals surface area contributed by atoms with Gasteiger partial charge in [0, 0.05) is 0 Å². The van der Waals surface area contributed by atoms with Gasteiger partial charge in [0.25, 0.3) is 0 Å². The summed E-state index contributed by atoms with van der Waals surface area (Å²) in [6.07, 6.45) is 0. The van der Waals surface area contributed by atoms with Crippen molar-refractivity contribution in [2.24, 2.45) is 5.73 Å². The second-order valence-corrected chi connectivity index (χ2v) is 5.62. The maximum absolute atomic E-state index is 11.1. The Hall–Kier alpha value is -1.20. The van der Waals surface area contributed by atoms with Gasteiger partial charge in [0.1, 0.15) is 5.54 Å². The molecule has 17 heavy (non-hydrogen) atoms. The van der Waals surface area contributed by atoms with Crippen LogP contribution in [0.3, 0.4) is 0 Å². The number of hydrogen-bond donors (Lipinski definition) is 4. The van der Waals surface area contributed by atoms with Gasteiger partial charge >= 0.3 is 13.6 Å². The largest absolute Gasteiger partial charge is 0.480 e. The molecule has 0 amide bonds. The van der Waals surface area contributed by atoms with E-state index in [1.165, 1.54) is 32.0 Å². The SMILES string of the molecule is Cc1cc([C@](C)(N)C(=O)O)ccc1P(=O)(O)O. The van der Waals surface area contributed by atoms with Crippen LogP contribution in [0.2, 0.25) is 0 Å². The summed E-state index contributed by atoms with van der Waals surface area (Å²) < 4.78 is 11.1. The molecular weight excluding hydrogens is 245 g/mol. The molecule has 0 saturated heterocycles. The van der Waals surface area contributed by atoms with Gasteiger partial charge in [-0.1, -0.05) is 12.1 Å². The molecular formula is C10H14NO5P. The van der Waals surface area contributed by atoms with Crippen LogP contribution in [-0.4, -0.2) is 20.9 Å². The quantitative estimate of drug-likeness (QED) is 0.569. The first kappa shape index (κ1) is 13.9. The summed E-state index contributed by atoms with van der Waals surface area (Å²) in [7, 11) is -4.34. The fourth-order valence-corrected chi connectivity index (χ4v) is 2.22. The van der Waals surface area contributed by atoms with Crippen LogP contribution in [0.25, 0.3) is 0 Å². The van der Waals surface area contributed by atoms with E-state index in [0.29, 0.717) is 11.1 Å². The van der Waals surface area contributed by atoms with Crippen molar-refractivity contribution < 1.29 is 24.3 Å². The Morgan fingerprint density at radius 3 is 2.29 bits per heavy atom. The Balaban J connectivity index is 3.32. The molecule has 0 saturated carbocycles. The Labute approximate surface area is 98.2 Å². The maximum Gasteiger partial charge on any atom is 0.356 e. The molecule has 7 heteroatoms. The number of benzene rings is 1. The predicted octanol–water partition coefficient (Wildman–Crippen LogP) is 0.0565. The van der Waals surface area contributed by atoms with Crippen LogP contribution >= 0.6 is 7.60 Å². The average Bonchev–Trinajstić information content (AvgIpc) is 2.15. The summed E-state index contributed by atoms with van der Waals surface area (Å²) >= 11 is 0. The molecule has 1 atom stereocenters. The van der Waals surface area contributed by atoms with E-state index in [2.05, 4.69) is 0 Å². The third kappa shape index (κ3) is 2.73. The predicted molar refractivity (Wildman–Crippen MR) is 62.0 cm³/mol. The molecule has 1 aromatic carbocycles. The fourth-order valence-electron chi connectivity index (χ4n) is 1.43. The highest BCUT2D eigenvalue weighted by molar-refractivity contribution is 7.60. The van der Waals surface area contributed by atoms with E-state index in [1.54, 1.807) is 0 Å². The fraction of sp³-hybridized carbons (Fsp3) is 0.300. The lowest BCUT2D eigenvalue weighted by Gasteiger charge is -2.21. The zero-order valence-corrected chi connectivity index (χ0v) is 10.3. The van der Waals surface area contributed by atoms with E-state index in [4.69, 9.17) is 20.6 Å². The Bertz CT molecular complexity index is 505. The molecule has 0 aromatic heterocycles. The summed E-state index contributed by atoms with van der Waals surface area (Å²) in [5.41, 5.74) is 4.64. The van der Waals surface area contributed by atoms with E-state index in [0.717, 1.165) is 0 Å². The zero-order chi connectivity index (χ0) is 13.4. The van der Waals surface area contributed by atoms with Crippen LogP contribution in [-0.2, 0) is 14.9 Å². The van der Waals surface area contributed by atoms with Crippen LogP contribution in [0.4, 0.5) is 0 Å². The van der Waals surface area contributed by atoms with Gasteiger partial charge in [-0.05, 0) is 31.0 Å². The van der Waals surface area contributed by atoms with Gasteiger partial charge in [0.05, 0.1) is 5.30 Å². The average molecular weight is 259 g/mol. The summed E-state index contributed by atoms with van der Waals surface area (Å²) in [5, 5.41) is 8.81. The van der Waals surface area contributed by atoms with Crippen molar-refractivity contribution in [1.29, 1.82) is 0 Å². The molecule has 94 valence electrons. The first-order valence-corrected chi connectivity index (χ1v) is 6.37. The standard InChI is InChI=1S/C10H14NO5P/c1-6-5-7(10(2,11)9(12)13)3-4-8(6)17(14,15)16/h3-5H,11H2,1-2H3,(H,12,13)(H2,14,15,16)/t10-/m0/s1. The highest BCUT2D eigenvalue weighted by Gasteiger charge is 2.31. The van der Waals surface area contributed by atoms with Crippen molar-refractivity contribution in [3.63, 3.8) is 0 Å². The minimum Gasteiger partial charge on any atom is -0.480 e. The van der Waals surface area contributed by atoms with Gasteiger partial charge in [0.15, 0.2) is 0 Å². The van der Waals surface area contributed by atoms with Gasteiger partial charge < -0.3 is 20.6 Å². The number of carbonyl (C=O) groups is 1. The third-order valence-electron chi connectivity index (χ3n) is 2.55. The van der Waals surface area contributed by atoms with E-state index >= 15 is 0 Å². The van der Waals surface area contributed by atoms with Crippen molar-refractivity contribution in [1.82, 2.24) is 0 Å². The number of carboxylic acid groups (broad SMARTS) is 1. The number of nitrogens with two attached hydrogens (primary N) is 1. The maximum atomic E-state index is 11.1. The van der Waals surface area contributed by atoms with E-state index in [-0.39, 0.29) is 5.30 Å². The number of carboxylic acids is 1. The number of aliphatic carboxylic acids is 1. The first-order valence-electron chi connectivity index (χ1n) is 4.76. The summed E-state index contributed by atoms with van der Waals surface area (Å²) in [4.78, 5) is 29.0. The first-order chi connectivity index (χ1) is 7.56. The Kier molecular flexibility index (Phi) is 3.45. The minimum atomic E-state index is -4.34. The topological polar surface area (TPSA) is 121 Å². The third-order valence-corrected chi connectivity index (χ3v) is 3.68. The molecule has 1 rings (SSSR count). The van der Waals surface area contributed by atoms with Gasteiger partial charge in [-0.3, -0.25) is 4.57 Å². The van der Waals surface area contributed by atoms with Crippen molar-refractivity contribution in [2.75, 3.05) is 0 Å². The molecule has 0 aliphatic heterocycles. The summed E-state index contributed by atoms with van der Waals surface area (Å²) in [6.45, 7) is 2.82. The lowest BCUT2D eigenvalue weighted by atomic mass is 9.92. The Morgan fingerprint density at radius 1 is 1.41 bits per heavy atom. The smallest absolute Gasteiger partial charge is 0.356 e.